The maximum atomic E-state index is 13.0. The van der Waals surface area contributed by atoms with E-state index in [-0.39, 0.29) is 24.3 Å². The monoisotopic (exact) mass is 437 g/mol. The number of rotatable bonds is 9. The Balaban J connectivity index is 1.97. The number of carboxylic acids is 1. The Hall–Kier alpha value is -3.61. The molecule has 2 aromatic rings. The van der Waals surface area contributed by atoms with Crippen LogP contribution in [0.5, 0.6) is 5.75 Å². The maximum absolute atomic E-state index is 13.0. The van der Waals surface area contributed by atoms with Crippen LogP contribution in [0.4, 0.5) is 0 Å². The topological polar surface area (TPSA) is 104 Å². The first-order chi connectivity index (χ1) is 15.3. The van der Waals surface area contributed by atoms with Crippen LogP contribution >= 0.6 is 0 Å². The third kappa shape index (κ3) is 4.99. The number of carbonyl (C=O) groups excluding carboxylic acids is 2. The van der Waals surface area contributed by atoms with Crippen molar-refractivity contribution in [3.8, 4) is 5.75 Å². The van der Waals surface area contributed by atoms with Crippen molar-refractivity contribution < 1.29 is 29.3 Å². The van der Waals surface area contributed by atoms with Gasteiger partial charge in [-0.15, -0.1) is 0 Å². The number of aliphatic carboxylic acids is 1. The molecule has 2 aromatic carbocycles. The number of unbranched alkanes of at least 4 members (excludes halogenated alkanes) is 2. The van der Waals surface area contributed by atoms with Gasteiger partial charge in [-0.05, 0) is 37.5 Å². The minimum Gasteiger partial charge on any atom is -0.507 e. The van der Waals surface area contributed by atoms with Crippen LogP contribution in [-0.4, -0.2) is 46.4 Å². The molecule has 1 saturated heterocycles. The van der Waals surface area contributed by atoms with E-state index in [1.165, 1.54) is 4.90 Å². The molecular formula is C25H27NO6. The number of likely N-dealkylation sites (tertiary alicyclic amines) is 1. The van der Waals surface area contributed by atoms with Crippen molar-refractivity contribution in [3.05, 3.63) is 70.8 Å². The molecular weight excluding hydrogens is 410 g/mol. The molecule has 1 amide bonds. The summed E-state index contributed by atoms with van der Waals surface area (Å²) in [6.45, 7) is 2.20. The number of nitrogens with zero attached hydrogens (tertiary/aromatic N) is 1. The fourth-order valence-corrected chi connectivity index (χ4v) is 3.85. The molecule has 7 heteroatoms. The first-order valence-corrected chi connectivity index (χ1v) is 10.5. The van der Waals surface area contributed by atoms with E-state index in [0.717, 1.165) is 5.56 Å². The molecule has 0 radical (unpaired) electrons. The lowest BCUT2D eigenvalue weighted by molar-refractivity contribution is -0.140. The zero-order valence-electron chi connectivity index (χ0n) is 18.2. The predicted octanol–water partition coefficient (Wildman–Crippen LogP) is 4.07. The minimum absolute atomic E-state index is 0.0505. The first-order valence-electron chi connectivity index (χ1n) is 10.5. The standard InChI is InChI=1S/C25H27NO6/c1-16-7-9-18(10-8-16)23(29)21-22(17-11-13-19(32-2)14-12-17)26(25(31)24(21)30)15-5-3-4-6-20(27)28/h7-14,22,29H,3-6,15H2,1-2H3,(H,27,28)/b23-21+. The summed E-state index contributed by atoms with van der Waals surface area (Å²) in [6.07, 6.45) is 1.73. The number of aliphatic hydroxyl groups excluding tert-OH is 1. The van der Waals surface area contributed by atoms with Gasteiger partial charge >= 0.3 is 5.97 Å². The van der Waals surface area contributed by atoms with E-state index in [1.54, 1.807) is 43.5 Å². The van der Waals surface area contributed by atoms with Crippen LogP contribution < -0.4 is 4.74 Å². The normalized spacial score (nSPS) is 17.6. The van der Waals surface area contributed by atoms with Gasteiger partial charge in [-0.2, -0.15) is 0 Å². The molecule has 2 N–H and O–H groups in total. The quantitative estimate of drug-likeness (QED) is 0.265. The number of Topliss-reactive ketones (excluding diaryl/α,β-unsaturated/α-hetero) is 1. The lowest BCUT2D eigenvalue weighted by Crippen LogP contribution is -2.30. The van der Waals surface area contributed by atoms with Crippen molar-refractivity contribution in [2.24, 2.45) is 0 Å². The Morgan fingerprint density at radius 2 is 1.62 bits per heavy atom. The number of ether oxygens (including phenoxy) is 1. The van der Waals surface area contributed by atoms with E-state index in [4.69, 9.17) is 9.84 Å². The SMILES string of the molecule is COc1ccc(C2/C(=C(\O)c3ccc(C)cc3)C(=O)C(=O)N2CCCCCC(=O)O)cc1. The lowest BCUT2D eigenvalue weighted by atomic mass is 9.95. The molecule has 168 valence electrons. The average Bonchev–Trinajstić information content (AvgIpc) is 3.03. The minimum atomic E-state index is -0.859. The zero-order chi connectivity index (χ0) is 23.3. The third-order valence-corrected chi connectivity index (χ3v) is 5.59. The molecule has 1 heterocycles. The lowest BCUT2D eigenvalue weighted by Gasteiger charge is -2.25. The van der Waals surface area contributed by atoms with E-state index in [2.05, 4.69) is 0 Å². The molecule has 32 heavy (non-hydrogen) atoms. The van der Waals surface area contributed by atoms with Crippen molar-refractivity contribution in [2.75, 3.05) is 13.7 Å². The number of hydrogen-bond acceptors (Lipinski definition) is 5. The van der Waals surface area contributed by atoms with Gasteiger partial charge < -0.3 is 19.8 Å². The van der Waals surface area contributed by atoms with Gasteiger partial charge in [-0.3, -0.25) is 14.4 Å². The van der Waals surface area contributed by atoms with Crippen molar-refractivity contribution in [3.63, 3.8) is 0 Å². The van der Waals surface area contributed by atoms with Crippen LogP contribution in [0.2, 0.25) is 0 Å². The fourth-order valence-electron chi connectivity index (χ4n) is 3.85. The summed E-state index contributed by atoms with van der Waals surface area (Å²) in [5, 5.41) is 19.8. The van der Waals surface area contributed by atoms with Gasteiger partial charge in [-0.25, -0.2) is 0 Å². The van der Waals surface area contributed by atoms with Crippen molar-refractivity contribution in [1.82, 2.24) is 4.90 Å². The number of benzene rings is 2. The van der Waals surface area contributed by atoms with E-state index in [1.807, 2.05) is 19.1 Å². The molecule has 0 spiro atoms. The van der Waals surface area contributed by atoms with Gasteiger partial charge in [0.2, 0.25) is 0 Å². The highest BCUT2D eigenvalue weighted by Crippen LogP contribution is 2.40. The number of aryl methyl sites for hydroxylation is 1. The van der Waals surface area contributed by atoms with Crippen LogP contribution in [0.25, 0.3) is 5.76 Å². The Morgan fingerprint density at radius 3 is 2.22 bits per heavy atom. The molecule has 1 atom stereocenters. The molecule has 3 rings (SSSR count). The highest BCUT2D eigenvalue weighted by Gasteiger charge is 2.45. The summed E-state index contributed by atoms with van der Waals surface area (Å²) in [5.74, 6) is -1.83. The Kier molecular flexibility index (Phi) is 7.30. The number of aliphatic hydroxyl groups is 1. The molecule has 0 aliphatic carbocycles. The van der Waals surface area contributed by atoms with E-state index >= 15 is 0 Å². The third-order valence-electron chi connectivity index (χ3n) is 5.59. The van der Waals surface area contributed by atoms with Crippen molar-refractivity contribution >= 4 is 23.4 Å². The van der Waals surface area contributed by atoms with E-state index < -0.39 is 23.7 Å². The van der Waals surface area contributed by atoms with Gasteiger partial charge in [0.25, 0.3) is 11.7 Å². The van der Waals surface area contributed by atoms with Crippen molar-refractivity contribution in [2.45, 2.75) is 38.6 Å². The van der Waals surface area contributed by atoms with Gasteiger partial charge in [0, 0.05) is 18.5 Å². The summed E-state index contributed by atoms with van der Waals surface area (Å²) in [6, 6.07) is 13.4. The van der Waals surface area contributed by atoms with Crippen LogP contribution in [-0.2, 0) is 14.4 Å². The number of hydrogen-bond donors (Lipinski definition) is 2. The Morgan fingerprint density at radius 1 is 0.969 bits per heavy atom. The van der Waals surface area contributed by atoms with Gasteiger partial charge in [0.15, 0.2) is 0 Å². The van der Waals surface area contributed by atoms with Crippen LogP contribution in [0, 0.1) is 6.92 Å². The van der Waals surface area contributed by atoms with E-state index in [0.29, 0.717) is 36.1 Å². The second-order valence-electron chi connectivity index (χ2n) is 7.84. The molecule has 1 aliphatic heterocycles. The second kappa shape index (κ2) is 10.1. The summed E-state index contributed by atoms with van der Waals surface area (Å²) in [4.78, 5) is 38.1. The number of ketones is 1. The highest BCUT2D eigenvalue weighted by atomic mass is 16.5. The average molecular weight is 437 g/mol. The summed E-state index contributed by atoms with van der Waals surface area (Å²) in [5.41, 5.74) is 2.21. The molecule has 0 saturated carbocycles. The van der Waals surface area contributed by atoms with Gasteiger partial charge in [0.05, 0.1) is 18.7 Å². The van der Waals surface area contributed by atoms with E-state index in [9.17, 15) is 19.5 Å². The molecule has 1 fully saturated rings. The molecule has 0 bridgehead atoms. The second-order valence-corrected chi connectivity index (χ2v) is 7.84. The smallest absolute Gasteiger partial charge is 0.303 e. The number of carbonyl (C=O) groups is 3. The number of methoxy groups -OCH3 is 1. The summed E-state index contributed by atoms with van der Waals surface area (Å²) in [7, 11) is 1.55. The molecule has 0 aromatic heterocycles. The van der Waals surface area contributed by atoms with Crippen LogP contribution in [0.3, 0.4) is 0 Å². The summed E-state index contributed by atoms with van der Waals surface area (Å²) >= 11 is 0. The first kappa shape index (κ1) is 23.1. The fraction of sp³-hybridized carbons (Fsp3) is 0.320. The van der Waals surface area contributed by atoms with Crippen LogP contribution in [0.1, 0.15) is 48.4 Å². The Labute approximate surface area is 186 Å². The van der Waals surface area contributed by atoms with Gasteiger partial charge in [0.1, 0.15) is 11.5 Å². The number of amides is 1. The molecule has 7 nitrogen and oxygen atoms in total. The van der Waals surface area contributed by atoms with Crippen LogP contribution in [0.15, 0.2) is 54.1 Å². The molecule has 1 aliphatic rings. The highest BCUT2D eigenvalue weighted by molar-refractivity contribution is 6.46. The van der Waals surface area contributed by atoms with Gasteiger partial charge in [-0.1, -0.05) is 48.4 Å². The summed E-state index contributed by atoms with van der Waals surface area (Å²) < 4.78 is 5.21. The Bertz CT molecular complexity index is 1020. The van der Waals surface area contributed by atoms with Crippen molar-refractivity contribution in [1.29, 1.82) is 0 Å². The predicted molar refractivity (Wildman–Crippen MR) is 119 cm³/mol. The number of carboxylic acid groups (broad SMARTS) is 1. The largest absolute Gasteiger partial charge is 0.507 e. The maximum Gasteiger partial charge on any atom is 0.303 e. The zero-order valence-corrected chi connectivity index (χ0v) is 18.2. The molecule has 1 unspecified atom stereocenters.